The summed E-state index contributed by atoms with van der Waals surface area (Å²) in [5.41, 5.74) is 1.75. The largest absolute Gasteiger partial charge is 0.488 e. The van der Waals surface area contributed by atoms with Gasteiger partial charge < -0.3 is 13.9 Å². The van der Waals surface area contributed by atoms with Gasteiger partial charge in [-0.05, 0) is 42.0 Å². The van der Waals surface area contributed by atoms with Crippen molar-refractivity contribution >= 4 is 34.3 Å². The van der Waals surface area contributed by atoms with E-state index in [2.05, 4.69) is 0 Å². The number of halogens is 1. The normalized spacial score (nSPS) is 10.7. The second kappa shape index (κ2) is 8.84. The van der Waals surface area contributed by atoms with E-state index in [9.17, 15) is 9.59 Å². The van der Waals surface area contributed by atoms with E-state index in [0.717, 1.165) is 10.9 Å². The van der Waals surface area contributed by atoms with Crippen molar-refractivity contribution in [2.75, 3.05) is 6.61 Å². The number of carbonyl (C=O) groups is 2. The van der Waals surface area contributed by atoms with Crippen molar-refractivity contribution in [1.29, 1.82) is 0 Å². The van der Waals surface area contributed by atoms with Crippen LogP contribution in [0.5, 0.6) is 5.75 Å². The Bertz CT molecular complexity index is 1160. The van der Waals surface area contributed by atoms with Crippen LogP contribution in [0.15, 0.2) is 83.3 Å². The molecule has 0 aliphatic carbocycles. The molecule has 0 aliphatic heterocycles. The highest BCUT2D eigenvalue weighted by Gasteiger charge is 2.18. The minimum atomic E-state index is -0.647. The number of furan rings is 1. The van der Waals surface area contributed by atoms with E-state index in [1.165, 1.54) is 0 Å². The molecule has 4 rings (SSSR count). The lowest BCUT2D eigenvalue weighted by atomic mass is 10.2. The Kier molecular flexibility index (Phi) is 5.82. The van der Waals surface area contributed by atoms with Gasteiger partial charge in [-0.1, -0.05) is 54.1 Å². The summed E-state index contributed by atoms with van der Waals surface area (Å²) in [7, 11) is 0. The van der Waals surface area contributed by atoms with Gasteiger partial charge in [0.2, 0.25) is 5.78 Å². The first-order valence-corrected chi connectivity index (χ1v) is 9.63. The Morgan fingerprint density at radius 1 is 0.900 bits per heavy atom. The SMILES string of the molecule is O=C(COC(=O)c1ccccc1OCc1ccc(Cl)cc1)c1cc2ccccc2o1. The van der Waals surface area contributed by atoms with Gasteiger partial charge in [0, 0.05) is 10.4 Å². The molecule has 0 atom stereocenters. The summed E-state index contributed by atoms with van der Waals surface area (Å²) in [5.74, 6) is -0.546. The van der Waals surface area contributed by atoms with Crippen LogP contribution in [0.25, 0.3) is 11.0 Å². The van der Waals surface area contributed by atoms with Crippen LogP contribution in [0.3, 0.4) is 0 Å². The molecule has 0 aliphatic rings. The molecule has 0 unspecified atom stereocenters. The number of fused-ring (bicyclic) bond motifs is 1. The number of hydrogen-bond acceptors (Lipinski definition) is 5. The third kappa shape index (κ3) is 4.53. The summed E-state index contributed by atoms with van der Waals surface area (Å²) >= 11 is 5.89. The van der Waals surface area contributed by atoms with E-state index in [4.69, 9.17) is 25.5 Å². The molecule has 0 radical (unpaired) electrons. The van der Waals surface area contributed by atoms with Crippen LogP contribution in [0.4, 0.5) is 0 Å². The van der Waals surface area contributed by atoms with Crippen molar-refractivity contribution in [2.45, 2.75) is 6.61 Å². The maximum Gasteiger partial charge on any atom is 0.342 e. The maximum absolute atomic E-state index is 12.5. The molecular formula is C24H17ClO5. The minimum absolute atomic E-state index is 0.149. The van der Waals surface area contributed by atoms with Crippen molar-refractivity contribution in [3.05, 3.63) is 101 Å². The number of ether oxygens (including phenoxy) is 2. The van der Waals surface area contributed by atoms with Gasteiger partial charge in [0.15, 0.2) is 12.4 Å². The zero-order chi connectivity index (χ0) is 20.9. The van der Waals surface area contributed by atoms with Gasteiger partial charge in [-0.25, -0.2) is 4.79 Å². The lowest BCUT2D eigenvalue weighted by Crippen LogP contribution is -2.14. The van der Waals surface area contributed by atoms with Crippen molar-refractivity contribution in [2.24, 2.45) is 0 Å². The van der Waals surface area contributed by atoms with Crippen LogP contribution < -0.4 is 4.74 Å². The van der Waals surface area contributed by atoms with E-state index in [1.54, 1.807) is 48.5 Å². The first-order valence-electron chi connectivity index (χ1n) is 9.25. The molecule has 0 amide bonds. The van der Waals surface area contributed by atoms with Gasteiger partial charge >= 0.3 is 5.97 Å². The summed E-state index contributed by atoms with van der Waals surface area (Å²) in [4.78, 5) is 24.9. The third-order valence-corrected chi connectivity index (χ3v) is 4.70. The molecular weight excluding hydrogens is 404 g/mol. The number of esters is 1. The predicted molar refractivity (Wildman–Crippen MR) is 113 cm³/mol. The standard InChI is InChI=1S/C24H17ClO5/c25-18-11-9-16(10-12-18)14-28-22-8-4-2-6-19(22)24(27)29-15-20(26)23-13-17-5-1-3-7-21(17)30-23/h1-13H,14-15H2. The number of ketones is 1. The number of benzene rings is 3. The highest BCUT2D eigenvalue weighted by Crippen LogP contribution is 2.22. The molecule has 6 heteroatoms. The smallest absolute Gasteiger partial charge is 0.342 e. The minimum Gasteiger partial charge on any atom is -0.488 e. The molecule has 150 valence electrons. The third-order valence-electron chi connectivity index (χ3n) is 4.45. The van der Waals surface area contributed by atoms with Crippen LogP contribution in [-0.4, -0.2) is 18.4 Å². The molecule has 4 aromatic rings. The topological polar surface area (TPSA) is 65.7 Å². The van der Waals surface area contributed by atoms with E-state index >= 15 is 0 Å². The van der Waals surface area contributed by atoms with Gasteiger partial charge in [-0.15, -0.1) is 0 Å². The molecule has 0 spiro atoms. The van der Waals surface area contributed by atoms with Crippen molar-refractivity contribution in [1.82, 2.24) is 0 Å². The van der Waals surface area contributed by atoms with E-state index in [1.807, 2.05) is 30.3 Å². The molecule has 30 heavy (non-hydrogen) atoms. The Labute approximate surface area is 177 Å². The van der Waals surface area contributed by atoms with Crippen molar-refractivity contribution in [3.8, 4) is 5.75 Å². The van der Waals surface area contributed by atoms with Crippen LogP contribution in [0, 0.1) is 0 Å². The Morgan fingerprint density at radius 3 is 2.43 bits per heavy atom. The van der Waals surface area contributed by atoms with E-state index in [0.29, 0.717) is 16.4 Å². The summed E-state index contributed by atoms with van der Waals surface area (Å²) in [6.07, 6.45) is 0. The molecule has 0 saturated heterocycles. The number of hydrogen-bond donors (Lipinski definition) is 0. The van der Waals surface area contributed by atoms with Crippen LogP contribution in [-0.2, 0) is 11.3 Å². The first kappa shape index (κ1) is 19.7. The summed E-state index contributed by atoms with van der Waals surface area (Å²) in [6.45, 7) is -0.163. The monoisotopic (exact) mass is 420 g/mol. The van der Waals surface area contributed by atoms with Gasteiger partial charge in [-0.2, -0.15) is 0 Å². The fourth-order valence-electron chi connectivity index (χ4n) is 2.90. The lowest BCUT2D eigenvalue weighted by molar-refractivity contribution is 0.0464. The fraction of sp³-hybridized carbons (Fsp3) is 0.0833. The molecule has 0 fully saturated rings. The quantitative estimate of drug-likeness (QED) is 0.283. The fourth-order valence-corrected chi connectivity index (χ4v) is 3.03. The Morgan fingerprint density at radius 2 is 1.63 bits per heavy atom. The second-order valence-electron chi connectivity index (χ2n) is 6.56. The van der Waals surface area contributed by atoms with Crippen LogP contribution >= 0.6 is 11.6 Å². The van der Waals surface area contributed by atoms with Crippen molar-refractivity contribution in [3.63, 3.8) is 0 Å². The Balaban J connectivity index is 1.40. The molecule has 0 bridgehead atoms. The second-order valence-corrected chi connectivity index (χ2v) is 7.00. The van der Waals surface area contributed by atoms with Gasteiger partial charge in [-0.3, -0.25) is 4.79 Å². The molecule has 3 aromatic carbocycles. The number of carbonyl (C=O) groups excluding carboxylic acids is 2. The molecule has 0 N–H and O–H groups in total. The Hall–Kier alpha value is -3.57. The molecule has 5 nitrogen and oxygen atoms in total. The molecule has 0 saturated carbocycles. The summed E-state index contributed by atoms with van der Waals surface area (Å²) in [6, 6.07) is 22.9. The first-order chi connectivity index (χ1) is 14.6. The number of Topliss-reactive ketones (excluding diaryl/α,β-unsaturated/α-hetero) is 1. The predicted octanol–water partition coefficient (Wildman–Crippen LogP) is 5.70. The highest BCUT2D eigenvalue weighted by atomic mass is 35.5. The van der Waals surface area contributed by atoms with Crippen LogP contribution in [0.1, 0.15) is 26.5 Å². The maximum atomic E-state index is 12.5. The zero-order valence-corrected chi connectivity index (χ0v) is 16.6. The average molecular weight is 421 g/mol. The average Bonchev–Trinajstić information content (AvgIpc) is 3.21. The highest BCUT2D eigenvalue weighted by molar-refractivity contribution is 6.30. The number of para-hydroxylation sites is 2. The number of rotatable bonds is 7. The van der Waals surface area contributed by atoms with Crippen molar-refractivity contribution < 1.29 is 23.5 Å². The summed E-state index contributed by atoms with van der Waals surface area (Å²) in [5, 5.41) is 1.45. The van der Waals surface area contributed by atoms with E-state index < -0.39 is 18.4 Å². The zero-order valence-electron chi connectivity index (χ0n) is 15.8. The van der Waals surface area contributed by atoms with Gasteiger partial charge in [0.25, 0.3) is 0 Å². The van der Waals surface area contributed by atoms with Crippen LogP contribution in [0.2, 0.25) is 5.02 Å². The summed E-state index contributed by atoms with van der Waals surface area (Å²) < 4.78 is 16.5. The molecule has 1 heterocycles. The lowest BCUT2D eigenvalue weighted by Gasteiger charge is -2.11. The molecule has 1 aromatic heterocycles. The van der Waals surface area contributed by atoms with E-state index in [-0.39, 0.29) is 17.9 Å². The van der Waals surface area contributed by atoms with Gasteiger partial charge in [0.1, 0.15) is 23.5 Å². The van der Waals surface area contributed by atoms with Gasteiger partial charge in [0.05, 0.1) is 0 Å².